The van der Waals surface area contributed by atoms with Crippen molar-refractivity contribution in [2.24, 2.45) is 0 Å². The molecular weight excluding hydrogens is 363 g/mol. The van der Waals surface area contributed by atoms with Gasteiger partial charge in [0.25, 0.3) is 5.91 Å². The number of carbonyl (C=O) groups excluding carboxylic acids is 2. The van der Waals surface area contributed by atoms with Gasteiger partial charge in [0.15, 0.2) is 0 Å². The highest BCUT2D eigenvalue weighted by Crippen LogP contribution is 2.14. The zero-order valence-corrected chi connectivity index (χ0v) is 14.6. The van der Waals surface area contributed by atoms with Crippen LogP contribution in [0.15, 0.2) is 0 Å². The van der Waals surface area contributed by atoms with Crippen molar-refractivity contribution in [1.29, 1.82) is 0 Å². The van der Waals surface area contributed by atoms with Crippen LogP contribution < -0.4 is 0 Å². The van der Waals surface area contributed by atoms with E-state index in [9.17, 15) is 9.59 Å². The number of hydrogen-bond acceptors (Lipinski definition) is 4. The fourth-order valence-electron chi connectivity index (χ4n) is 1.38. The van der Waals surface area contributed by atoms with Gasteiger partial charge >= 0.3 is 6.09 Å². The molecule has 0 saturated carbocycles. The molecule has 0 rings (SSSR count). The molecule has 0 spiro atoms. The molecule has 0 N–H and O–H groups in total. The normalized spacial score (nSPS) is 12.8. The van der Waals surface area contributed by atoms with Gasteiger partial charge in [0, 0.05) is 18.0 Å². The van der Waals surface area contributed by atoms with Gasteiger partial charge in [-0.15, -0.1) is 0 Å². The summed E-state index contributed by atoms with van der Waals surface area (Å²) in [4.78, 5) is 30.5. The standard InChI is InChI=1S/C12H23IN2O4/c1-7-15(11(17)19-12(2,3)4)9(8-13)10(16)14(5)18-6/h9H,7-8H2,1-6H3. The quantitative estimate of drug-likeness (QED) is 0.413. The van der Waals surface area contributed by atoms with Crippen LogP contribution in [0.2, 0.25) is 0 Å². The summed E-state index contributed by atoms with van der Waals surface area (Å²) in [6.45, 7) is 7.58. The smallest absolute Gasteiger partial charge is 0.410 e. The lowest BCUT2D eigenvalue weighted by atomic mass is 10.2. The van der Waals surface area contributed by atoms with Crippen LogP contribution in [0.25, 0.3) is 0 Å². The minimum Gasteiger partial charge on any atom is -0.444 e. The molecule has 0 aromatic heterocycles. The van der Waals surface area contributed by atoms with Crippen molar-refractivity contribution in [3.63, 3.8) is 0 Å². The van der Waals surface area contributed by atoms with Gasteiger partial charge in [0.05, 0.1) is 7.11 Å². The summed E-state index contributed by atoms with van der Waals surface area (Å²) in [6.07, 6.45) is -0.491. The van der Waals surface area contributed by atoms with Crippen molar-refractivity contribution >= 4 is 34.6 Å². The average Bonchev–Trinajstić information content (AvgIpc) is 2.31. The van der Waals surface area contributed by atoms with E-state index in [1.807, 2.05) is 6.92 Å². The highest BCUT2D eigenvalue weighted by atomic mass is 127. The number of hydroxylamine groups is 2. The van der Waals surface area contributed by atoms with Crippen molar-refractivity contribution in [2.45, 2.75) is 39.3 Å². The zero-order chi connectivity index (χ0) is 15.2. The Kier molecular flexibility index (Phi) is 7.65. The molecule has 6 nitrogen and oxygen atoms in total. The van der Waals surface area contributed by atoms with Crippen LogP contribution in [0.3, 0.4) is 0 Å². The number of nitrogens with zero attached hydrogens (tertiary/aromatic N) is 2. The molecule has 0 aliphatic heterocycles. The maximum atomic E-state index is 12.1. The molecule has 0 heterocycles. The van der Waals surface area contributed by atoms with E-state index in [-0.39, 0.29) is 5.91 Å². The highest BCUT2D eigenvalue weighted by Gasteiger charge is 2.33. The lowest BCUT2D eigenvalue weighted by molar-refractivity contribution is -0.173. The van der Waals surface area contributed by atoms with Gasteiger partial charge in [-0.1, -0.05) is 22.6 Å². The summed E-state index contributed by atoms with van der Waals surface area (Å²) in [5, 5.41) is 1.12. The molecule has 0 saturated heterocycles. The Hall–Kier alpha value is -0.570. The number of halogens is 1. The van der Waals surface area contributed by atoms with Gasteiger partial charge in [-0.2, -0.15) is 0 Å². The molecule has 112 valence electrons. The van der Waals surface area contributed by atoms with Gasteiger partial charge < -0.3 is 4.74 Å². The lowest BCUT2D eigenvalue weighted by Crippen LogP contribution is -2.52. The first-order valence-electron chi connectivity index (χ1n) is 6.05. The van der Waals surface area contributed by atoms with Gasteiger partial charge in [0.1, 0.15) is 11.6 Å². The van der Waals surface area contributed by atoms with Crippen LogP contribution in [0.4, 0.5) is 4.79 Å². The van der Waals surface area contributed by atoms with Crippen molar-refractivity contribution in [3.05, 3.63) is 0 Å². The van der Waals surface area contributed by atoms with E-state index in [4.69, 9.17) is 9.57 Å². The van der Waals surface area contributed by atoms with Crippen molar-refractivity contribution in [1.82, 2.24) is 9.96 Å². The second-order valence-corrected chi connectivity index (χ2v) is 5.84. The molecule has 2 amide bonds. The predicted molar refractivity (Wildman–Crippen MR) is 81.1 cm³/mol. The van der Waals surface area contributed by atoms with E-state index in [1.54, 1.807) is 20.8 Å². The minimum absolute atomic E-state index is 0.274. The first-order chi connectivity index (χ1) is 8.67. The molecular formula is C12H23IN2O4. The molecule has 1 atom stereocenters. The maximum absolute atomic E-state index is 12.1. The van der Waals surface area contributed by atoms with Crippen molar-refractivity contribution in [2.75, 3.05) is 25.1 Å². The molecule has 0 fully saturated rings. The highest BCUT2D eigenvalue weighted by molar-refractivity contribution is 14.1. The average molecular weight is 386 g/mol. The fraction of sp³-hybridized carbons (Fsp3) is 0.833. The summed E-state index contributed by atoms with van der Waals surface area (Å²) in [7, 11) is 2.93. The Morgan fingerprint density at radius 2 is 1.84 bits per heavy atom. The maximum Gasteiger partial charge on any atom is 0.410 e. The second kappa shape index (κ2) is 7.88. The Morgan fingerprint density at radius 3 is 2.16 bits per heavy atom. The second-order valence-electron chi connectivity index (χ2n) is 4.95. The van der Waals surface area contributed by atoms with E-state index in [0.717, 1.165) is 5.06 Å². The van der Waals surface area contributed by atoms with E-state index in [0.29, 0.717) is 11.0 Å². The number of amides is 2. The van der Waals surface area contributed by atoms with Crippen LogP contribution in [-0.2, 0) is 14.4 Å². The largest absolute Gasteiger partial charge is 0.444 e. The lowest BCUT2D eigenvalue weighted by Gasteiger charge is -2.32. The molecule has 0 aliphatic rings. The van der Waals surface area contributed by atoms with Crippen molar-refractivity contribution < 1.29 is 19.2 Å². The molecule has 0 aromatic rings. The summed E-state index contributed by atoms with van der Waals surface area (Å²) in [5.74, 6) is -0.274. The first-order valence-corrected chi connectivity index (χ1v) is 7.57. The van der Waals surface area contributed by atoms with Crippen LogP contribution >= 0.6 is 22.6 Å². The van der Waals surface area contributed by atoms with E-state index in [2.05, 4.69) is 22.6 Å². The number of carbonyl (C=O) groups is 2. The summed E-state index contributed by atoms with van der Waals surface area (Å²) < 4.78 is 5.78. The Morgan fingerprint density at radius 1 is 1.32 bits per heavy atom. The predicted octanol–water partition coefficient (Wildman–Crippen LogP) is 2.07. The van der Waals surface area contributed by atoms with E-state index < -0.39 is 17.7 Å². The molecule has 7 heteroatoms. The monoisotopic (exact) mass is 386 g/mol. The number of hydrogen-bond donors (Lipinski definition) is 0. The van der Waals surface area contributed by atoms with E-state index >= 15 is 0 Å². The van der Waals surface area contributed by atoms with Gasteiger partial charge in [-0.05, 0) is 27.7 Å². The number of alkyl halides is 1. The summed E-state index contributed by atoms with van der Waals surface area (Å²) in [5.41, 5.74) is -0.587. The van der Waals surface area contributed by atoms with Crippen LogP contribution in [0, 0.1) is 0 Å². The molecule has 1 unspecified atom stereocenters. The molecule has 19 heavy (non-hydrogen) atoms. The third-order valence-corrected chi connectivity index (χ3v) is 3.19. The zero-order valence-electron chi connectivity index (χ0n) is 12.4. The number of rotatable bonds is 5. The summed E-state index contributed by atoms with van der Waals surface area (Å²) in [6, 6.07) is -0.592. The van der Waals surface area contributed by atoms with Crippen LogP contribution in [-0.4, -0.2) is 58.7 Å². The van der Waals surface area contributed by atoms with Gasteiger partial charge in [-0.25, -0.2) is 9.86 Å². The number of likely N-dealkylation sites (N-methyl/N-ethyl adjacent to an activating group) is 2. The molecule has 0 aliphatic carbocycles. The van der Waals surface area contributed by atoms with Gasteiger partial charge in [0.2, 0.25) is 0 Å². The topological polar surface area (TPSA) is 59.1 Å². The Labute approximate surface area is 128 Å². The Balaban J connectivity index is 4.98. The first kappa shape index (κ1) is 18.4. The van der Waals surface area contributed by atoms with Crippen LogP contribution in [0.5, 0.6) is 0 Å². The Bertz CT molecular complexity index is 317. The summed E-state index contributed by atoms with van der Waals surface area (Å²) >= 11 is 2.07. The third-order valence-electron chi connectivity index (χ3n) is 2.36. The number of ether oxygens (including phenoxy) is 1. The van der Waals surface area contributed by atoms with E-state index in [1.165, 1.54) is 19.1 Å². The molecule has 0 radical (unpaired) electrons. The minimum atomic E-state index is -0.592. The van der Waals surface area contributed by atoms with Crippen molar-refractivity contribution in [3.8, 4) is 0 Å². The van der Waals surface area contributed by atoms with Crippen LogP contribution in [0.1, 0.15) is 27.7 Å². The third kappa shape index (κ3) is 5.94. The van der Waals surface area contributed by atoms with Gasteiger partial charge in [-0.3, -0.25) is 14.5 Å². The fourth-order valence-corrected chi connectivity index (χ4v) is 2.23. The molecule has 0 bridgehead atoms. The SMILES string of the molecule is CCN(C(=O)OC(C)(C)C)C(CI)C(=O)N(C)OC. The molecule has 0 aromatic carbocycles.